The molecule has 1 fully saturated rings. The van der Waals surface area contributed by atoms with Crippen LogP contribution in [-0.4, -0.2) is 42.4 Å². The summed E-state index contributed by atoms with van der Waals surface area (Å²) in [6.45, 7) is 1.91. The lowest BCUT2D eigenvalue weighted by Crippen LogP contribution is -2.25. The summed E-state index contributed by atoms with van der Waals surface area (Å²) in [4.78, 5) is 25.4. The molecular formula is C16H19FN4O3. The molecule has 3 rings (SSSR count). The number of nitrogens with one attached hydrogen (secondary N) is 1. The minimum Gasteiger partial charge on any atom is -0.477 e. The highest BCUT2D eigenvalue weighted by Gasteiger charge is 2.25. The van der Waals surface area contributed by atoms with Crippen LogP contribution in [0.15, 0.2) is 23.1 Å². The minimum absolute atomic E-state index is 0.0278. The number of anilines is 1. The third-order valence-electron chi connectivity index (χ3n) is 4.50. The Hall–Kier alpha value is -2.61. The lowest BCUT2D eigenvalue weighted by molar-refractivity contribution is 0.0695. The lowest BCUT2D eigenvalue weighted by Gasteiger charge is -2.21. The highest BCUT2D eigenvalue weighted by Crippen LogP contribution is 2.29. The molecule has 24 heavy (non-hydrogen) atoms. The van der Waals surface area contributed by atoms with E-state index in [9.17, 15) is 14.0 Å². The van der Waals surface area contributed by atoms with Crippen LogP contribution >= 0.6 is 0 Å². The van der Waals surface area contributed by atoms with E-state index in [1.807, 2.05) is 4.90 Å². The minimum atomic E-state index is -1.35. The van der Waals surface area contributed by atoms with Gasteiger partial charge in [-0.05, 0) is 31.0 Å². The molecule has 1 aliphatic heterocycles. The number of halogens is 1. The van der Waals surface area contributed by atoms with Crippen molar-refractivity contribution >= 4 is 22.6 Å². The van der Waals surface area contributed by atoms with Crippen molar-refractivity contribution in [3.63, 3.8) is 0 Å². The van der Waals surface area contributed by atoms with Crippen molar-refractivity contribution in [1.29, 1.82) is 0 Å². The highest BCUT2D eigenvalue weighted by atomic mass is 19.1. The number of benzene rings is 1. The van der Waals surface area contributed by atoms with E-state index in [4.69, 9.17) is 10.8 Å². The van der Waals surface area contributed by atoms with E-state index in [0.29, 0.717) is 36.8 Å². The van der Waals surface area contributed by atoms with E-state index in [-0.39, 0.29) is 5.39 Å². The average Bonchev–Trinajstić information content (AvgIpc) is 3.03. The van der Waals surface area contributed by atoms with Crippen LogP contribution in [0.1, 0.15) is 16.8 Å². The van der Waals surface area contributed by atoms with E-state index >= 15 is 0 Å². The number of rotatable bonds is 4. The summed E-state index contributed by atoms with van der Waals surface area (Å²) in [6.07, 6.45) is 2.10. The number of aromatic carboxylic acids is 1. The maximum atomic E-state index is 14.6. The molecule has 1 unspecified atom stereocenters. The second-order valence-electron chi connectivity index (χ2n) is 5.93. The van der Waals surface area contributed by atoms with Crippen molar-refractivity contribution in [3.05, 3.63) is 39.9 Å². The van der Waals surface area contributed by atoms with E-state index < -0.39 is 22.8 Å². The van der Waals surface area contributed by atoms with E-state index in [0.717, 1.165) is 12.5 Å². The second-order valence-corrected chi connectivity index (χ2v) is 5.93. The van der Waals surface area contributed by atoms with Crippen molar-refractivity contribution < 1.29 is 14.3 Å². The van der Waals surface area contributed by atoms with Gasteiger partial charge in [-0.1, -0.05) is 0 Å². The molecule has 4 N–H and O–H groups in total. The number of hydrogen-bond donors (Lipinski definition) is 3. The van der Waals surface area contributed by atoms with Crippen LogP contribution in [0.5, 0.6) is 0 Å². The maximum Gasteiger partial charge on any atom is 0.341 e. The Labute approximate surface area is 137 Å². The van der Waals surface area contributed by atoms with Gasteiger partial charge in [0.15, 0.2) is 0 Å². The third kappa shape index (κ3) is 2.58. The van der Waals surface area contributed by atoms with Crippen molar-refractivity contribution in [2.45, 2.75) is 6.42 Å². The first-order valence-corrected chi connectivity index (χ1v) is 7.71. The molecule has 0 amide bonds. The molecule has 8 heteroatoms. The predicted octanol–water partition coefficient (Wildman–Crippen LogP) is 0.797. The Morgan fingerprint density at radius 2 is 2.25 bits per heavy atom. The summed E-state index contributed by atoms with van der Waals surface area (Å²) in [7, 11) is 1.60. The monoisotopic (exact) mass is 334 g/mol. The van der Waals surface area contributed by atoms with E-state index in [1.54, 1.807) is 13.1 Å². The van der Waals surface area contributed by atoms with Crippen LogP contribution in [0, 0.1) is 11.7 Å². The number of carbonyl (C=O) groups is 1. The summed E-state index contributed by atoms with van der Waals surface area (Å²) >= 11 is 0. The number of fused-ring (bicyclic) bond motifs is 1. The van der Waals surface area contributed by atoms with Gasteiger partial charge >= 0.3 is 5.97 Å². The fourth-order valence-electron chi connectivity index (χ4n) is 3.16. The molecule has 7 nitrogen and oxygen atoms in total. The van der Waals surface area contributed by atoms with Crippen LogP contribution in [0.3, 0.4) is 0 Å². The van der Waals surface area contributed by atoms with Crippen molar-refractivity contribution in [3.8, 4) is 0 Å². The molecule has 0 radical (unpaired) electrons. The molecule has 1 saturated heterocycles. The van der Waals surface area contributed by atoms with Crippen LogP contribution in [-0.2, 0) is 0 Å². The van der Waals surface area contributed by atoms with Gasteiger partial charge in [-0.15, -0.1) is 0 Å². The van der Waals surface area contributed by atoms with Gasteiger partial charge in [-0.2, -0.15) is 0 Å². The van der Waals surface area contributed by atoms with Gasteiger partial charge in [0.25, 0.3) is 0 Å². The lowest BCUT2D eigenvalue weighted by atomic mass is 10.1. The van der Waals surface area contributed by atoms with Crippen LogP contribution < -0.4 is 21.5 Å². The molecule has 0 saturated carbocycles. The number of carboxylic acid groups (broad SMARTS) is 1. The van der Waals surface area contributed by atoms with Gasteiger partial charge in [0.1, 0.15) is 11.4 Å². The number of pyridine rings is 1. The summed E-state index contributed by atoms with van der Waals surface area (Å²) in [5, 5.41) is 9.17. The fourth-order valence-corrected chi connectivity index (χ4v) is 3.16. The first-order valence-electron chi connectivity index (χ1n) is 7.71. The molecule has 1 atom stereocenters. The Bertz CT molecular complexity index is 865. The van der Waals surface area contributed by atoms with Crippen LogP contribution in [0.4, 0.5) is 10.1 Å². The summed E-state index contributed by atoms with van der Waals surface area (Å²) in [6, 6.07) is 2.69. The quantitative estimate of drug-likeness (QED) is 0.764. The Balaban J connectivity index is 2.19. The van der Waals surface area contributed by atoms with Crippen molar-refractivity contribution in [1.82, 2.24) is 4.68 Å². The molecule has 0 bridgehead atoms. The number of nitrogens with two attached hydrogens (primary N) is 1. The molecule has 128 valence electrons. The number of carboxylic acids is 1. The molecular weight excluding hydrogens is 315 g/mol. The Kier molecular flexibility index (Phi) is 4.15. The van der Waals surface area contributed by atoms with Gasteiger partial charge < -0.3 is 21.2 Å². The average molecular weight is 334 g/mol. The topological polar surface area (TPSA) is 101 Å². The van der Waals surface area contributed by atoms with Gasteiger partial charge in [0.05, 0.1) is 16.6 Å². The van der Waals surface area contributed by atoms with Gasteiger partial charge in [-0.25, -0.2) is 9.18 Å². The molecule has 1 aromatic carbocycles. The van der Waals surface area contributed by atoms with Crippen molar-refractivity contribution in [2.24, 2.45) is 11.7 Å². The second kappa shape index (κ2) is 6.12. The molecule has 1 aliphatic rings. The van der Waals surface area contributed by atoms with Crippen LogP contribution in [0.2, 0.25) is 0 Å². The number of nitrogens with zero attached hydrogens (tertiary/aromatic N) is 2. The zero-order chi connectivity index (χ0) is 17.4. The van der Waals surface area contributed by atoms with Crippen LogP contribution in [0.25, 0.3) is 10.9 Å². The largest absolute Gasteiger partial charge is 0.477 e. The highest BCUT2D eigenvalue weighted by molar-refractivity contribution is 5.93. The summed E-state index contributed by atoms with van der Waals surface area (Å²) < 4.78 is 16.0. The standard InChI is InChI=1S/C16H19FN4O3/c1-19-21-8-11(16(23)24)15(22)10-4-12(17)14(5-13(10)21)20-3-2-9(6-18)7-20/h4-5,8-9,19H,2-3,6-7,18H2,1H3,(H,23,24). The molecule has 0 spiro atoms. The maximum absolute atomic E-state index is 14.6. The Morgan fingerprint density at radius 3 is 2.83 bits per heavy atom. The molecule has 2 heterocycles. The number of hydrogen-bond acceptors (Lipinski definition) is 5. The smallest absolute Gasteiger partial charge is 0.341 e. The SMILES string of the molecule is CNn1cc(C(=O)O)c(=O)c2cc(F)c(N3CCC(CN)C3)cc21. The van der Waals surface area contributed by atoms with Crippen molar-refractivity contribution in [2.75, 3.05) is 37.0 Å². The normalized spacial score (nSPS) is 17.5. The first kappa shape index (κ1) is 16.3. The molecule has 0 aliphatic carbocycles. The van der Waals surface area contributed by atoms with E-state index in [1.165, 1.54) is 10.9 Å². The summed E-state index contributed by atoms with van der Waals surface area (Å²) in [5.74, 6) is -1.57. The van der Waals surface area contributed by atoms with Gasteiger partial charge in [0, 0.05) is 26.3 Å². The fraction of sp³-hybridized carbons (Fsp3) is 0.375. The zero-order valence-corrected chi connectivity index (χ0v) is 13.3. The predicted molar refractivity (Wildman–Crippen MR) is 89.8 cm³/mol. The zero-order valence-electron chi connectivity index (χ0n) is 13.3. The van der Waals surface area contributed by atoms with Gasteiger partial charge in [0.2, 0.25) is 5.43 Å². The Morgan fingerprint density at radius 1 is 1.50 bits per heavy atom. The van der Waals surface area contributed by atoms with Gasteiger partial charge in [-0.3, -0.25) is 9.47 Å². The third-order valence-corrected chi connectivity index (χ3v) is 4.50. The number of aromatic nitrogens is 1. The van der Waals surface area contributed by atoms with E-state index in [2.05, 4.69) is 5.43 Å². The summed E-state index contributed by atoms with van der Waals surface area (Å²) in [5.41, 5.74) is 8.20. The molecule has 2 aromatic rings. The molecule has 1 aromatic heterocycles. The first-order chi connectivity index (χ1) is 11.5.